The van der Waals surface area contributed by atoms with Crippen molar-refractivity contribution >= 4 is 27.8 Å². The van der Waals surface area contributed by atoms with E-state index in [-0.39, 0.29) is 12.5 Å². The summed E-state index contributed by atoms with van der Waals surface area (Å²) in [7, 11) is 1.75. The van der Waals surface area contributed by atoms with Crippen LogP contribution in [0.25, 0.3) is 0 Å². The molecule has 1 heterocycles. The Labute approximate surface area is 102 Å². The fourth-order valence-corrected chi connectivity index (χ4v) is 1.70. The number of carbonyl (C=O) groups excluding carboxylic acids is 1. The molecule has 0 saturated carbocycles. The molecule has 1 aromatic rings. The molecular weight excluding hydrogens is 276 g/mol. The molecule has 0 bridgehead atoms. The lowest BCUT2D eigenvalue weighted by Crippen LogP contribution is -2.32. The van der Waals surface area contributed by atoms with Crippen LogP contribution in [0, 0.1) is 5.92 Å². The normalized spacial score (nSPS) is 12.2. The number of aliphatic carboxylic acids is 1. The Hall–Kier alpha value is -1.30. The Morgan fingerprint density at radius 1 is 1.62 bits per heavy atom. The maximum atomic E-state index is 11.7. The second-order valence-electron chi connectivity index (χ2n) is 3.60. The minimum atomic E-state index is -0.923. The fourth-order valence-electron chi connectivity index (χ4n) is 1.17. The molecule has 0 saturated heterocycles. The summed E-state index contributed by atoms with van der Waals surface area (Å²) >= 11 is 3.26. The zero-order valence-electron chi connectivity index (χ0n) is 9.03. The summed E-state index contributed by atoms with van der Waals surface area (Å²) in [5.41, 5.74) is 0.490. The van der Waals surface area contributed by atoms with Crippen LogP contribution in [-0.2, 0) is 11.8 Å². The van der Waals surface area contributed by atoms with Crippen LogP contribution in [-0.4, -0.2) is 28.1 Å². The van der Waals surface area contributed by atoms with Crippen molar-refractivity contribution in [3.8, 4) is 0 Å². The highest BCUT2D eigenvalue weighted by Crippen LogP contribution is 2.13. The first-order valence-corrected chi connectivity index (χ1v) is 5.54. The molecule has 2 N–H and O–H groups in total. The number of halogens is 1. The Balaban J connectivity index is 2.60. The molecule has 1 aromatic heterocycles. The number of carboxylic acid groups (broad SMARTS) is 1. The predicted octanol–water partition coefficient (Wildman–Crippen LogP) is 1.24. The van der Waals surface area contributed by atoms with E-state index in [1.54, 1.807) is 30.8 Å². The second-order valence-corrected chi connectivity index (χ2v) is 4.52. The average molecular weight is 289 g/mol. The molecule has 0 aliphatic carbocycles. The number of rotatable bonds is 4. The third kappa shape index (κ3) is 3.10. The smallest absolute Gasteiger partial charge is 0.308 e. The Morgan fingerprint density at radius 3 is 2.69 bits per heavy atom. The van der Waals surface area contributed by atoms with Crippen LogP contribution in [0.15, 0.2) is 16.7 Å². The van der Waals surface area contributed by atoms with Gasteiger partial charge in [-0.05, 0) is 22.0 Å². The van der Waals surface area contributed by atoms with E-state index < -0.39 is 11.9 Å². The molecule has 88 valence electrons. The highest BCUT2D eigenvalue weighted by Gasteiger charge is 2.15. The zero-order valence-corrected chi connectivity index (χ0v) is 10.6. The quantitative estimate of drug-likeness (QED) is 0.876. The number of carbonyl (C=O) groups is 2. The van der Waals surface area contributed by atoms with Crippen molar-refractivity contribution in [3.63, 3.8) is 0 Å². The maximum Gasteiger partial charge on any atom is 0.308 e. The number of hydrogen-bond acceptors (Lipinski definition) is 2. The van der Waals surface area contributed by atoms with Gasteiger partial charge in [0.25, 0.3) is 5.91 Å². The van der Waals surface area contributed by atoms with E-state index in [0.717, 1.165) is 4.47 Å². The minimum absolute atomic E-state index is 0.122. The number of hydrogen-bond donors (Lipinski definition) is 2. The van der Waals surface area contributed by atoms with Gasteiger partial charge < -0.3 is 15.0 Å². The van der Waals surface area contributed by atoms with Gasteiger partial charge in [0.2, 0.25) is 0 Å². The first-order valence-electron chi connectivity index (χ1n) is 4.74. The lowest BCUT2D eigenvalue weighted by atomic mass is 10.2. The summed E-state index contributed by atoms with van der Waals surface area (Å²) in [6, 6.07) is 1.68. The van der Waals surface area contributed by atoms with E-state index in [1.807, 2.05) is 0 Å². The predicted molar refractivity (Wildman–Crippen MR) is 62.2 cm³/mol. The van der Waals surface area contributed by atoms with E-state index >= 15 is 0 Å². The van der Waals surface area contributed by atoms with Gasteiger partial charge in [-0.3, -0.25) is 9.59 Å². The van der Waals surface area contributed by atoms with Crippen LogP contribution in [0.1, 0.15) is 17.4 Å². The number of nitrogens with zero attached hydrogens (tertiary/aromatic N) is 1. The van der Waals surface area contributed by atoms with Crippen LogP contribution in [0.3, 0.4) is 0 Å². The Kier molecular flexibility index (Phi) is 4.12. The summed E-state index contributed by atoms with van der Waals surface area (Å²) in [4.78, 5) is 22.2. The highest BCUT2D eigenvalue weighted by atomic mass is 79.9. The summed E-state index contributed by atoms with van der Waals surface area (Å²) in [5.74, 6) is -1.79. The third-order valence-electron chi connectivity index (χ3n) is 2.19. The molecule has 0 aliphatic heterocycles. The van der Waals surface area contributed by atoms with Gasteiger partial charge in [-0.25, -0.2) is 0 Å². The van der Waals surface area contributed by atoms with Gasteiger partial charge >= 0.3 is 5.97 Å². The summed E-state index contributed by atoms with van der Waals surface area (Å²) < 4.78 is 2.48. The van der Waals surface area contributed by atoms with E-state index in [9.17, 15) is 9.59 Å². The van der Waals surface area contributed by atoms with Crippen molar-refractivity contribution in [2.45, 2.75) is 6.92 Å². The second kappa shape index (κ2) is 5.16. The van der Waals surface area contributed by atoms with E-state index in [2.05, 4.69) is 21.2 Å². The van der Waals surface area contributed by atoms with Crippen LogP contribution >= 0.6 is 15.9 Å². The molecule has 6 heteroatoms. The van der Waals surface area contributed by atoms with Gasteiger partial charge in [0, 0.05) is 24.3 Å². The fraction of sp³-hybridized carbons (Fsp3) is 0.400. The zero-order chi connectivity index (χ0) is 12.3. The molecule has 0 aromatic carbocycles. The molecule has 0 spiro atoms. The van der Waals surface area contributed by atoms with Gasteiger partial charge in [0.05, 0.1) is 5.92 Å². The molecule has 1 atom stereocenters. The van der Waals surface area contributed by atoms with E-state index in [0.29, 0.717) is 5.69 Å². The summed E-state index contributed by atoms with van der Waals surface area (Å²) in [5, 5.41) is 11.2. The van der Waals surface area contributed by atoms with Gasteiger partial charge in [-0.2, -0.15) is 0 Å². The van der Waals surface area contributed by atoms with Gasteiger partial charge in [-0.1, -0.05) is 6.92 Å². The molecule has 0 radical (unpaired) electrons. The SMILES string of the molecule is CC(CNC(=O)c1cc(Br)cn1C)C(=O)O. The number of amides is 1. The Bertz CT molecular complexity index is 414. The molecule has 0 aliphatic rings. The van der Waals surface area contributed by atoms with Crippen molar-refractivity contribution in [1.29, 1.82) is 0 Å². The van der Waals surface area contributed by atoms with E-state index in [4.69, 9.17) is 5.11 Å². The topological polar surface area (TPSA) is 71.3 Å². The van der Waals surface area contributed by atoms with Crippen molar-refractivity contribution in [2.75, 3.05) is 6.54 Å². The highest BCUT2D eigenvalue weighted by molar-refractivity contribution is 9.10. The number of aryl methyl sites for hydroxylation is 1. The molecule has 5 nitrogen and oxygen atoms in total. The van der Waals surface area contributed by atoms with Crippen molar-refractivity contribution < 1.29 is 14.7 Å². The van der Waals surface area contributed by atoms with Crippen LogP contribution in [0.5, 0.6) is 0 Å². The first-order chi connectivity index (χ1) is 7.41. The Morgan fingerprint density at radius 2 is 2.25 bits per heavy atom. The van der Waals surface area contributed by atoms with Crippen LogP contribution in [0.4, 0.5) is 0 Å². The van der Waals surface area contributed by atoms with Gasteiger partial charge in [0.1, 0.15) is 5.69 Å². The first kappa shape index (κ1) is 12.8. The molecule has 16 heavy (non-hydrogen) atoms. The molecule has 1 unspecified atom stereocenters. The van der Waals surface area contributed by atoms with Crippen molar-refractivity contribution in [2.24, 2.45) is 13.0 Å². The number of carboxylic acids is 1. The maximum absolute atomic E-state index is 11.7. The lowest BCUT2D eigenvalue weighted by Gasteiger charge is -2.08. The third-order valence-corrected chi connectivity index (χ3v) is 2.63. The van der Waals surface area contributed by atoms with Crippen LogP contribution in [0.2, 0.25) is 0 Å². The largest absolute Gasteiger partial charge is 0.481 e. The van der Waals surface area contributed by atoms with Crippen LogP contribution < -0.4 is 5.32 Å². The molecule has 1 rings (SSSR count). The average Bonchev–Trinajstić information content (AvgIpc) is 2.53. The summed E-state index contributed by atoms with van der Waals surface area (Å²) in [6.07, 6.45) is 1.76. The standard InChI is InChI=1S/C10H13BrN2O3/c1-6(10(15)16)4-12-9(14)8-3-7(11)5-13(8)2/h3,5-6H,4H2,1-2H3,(H,12,14)(H,15,16). The van der Waals surface area contributed by atoms with Gasteiger partial charge in [0.15, 0.2) is 0 Å². The summed E-state index contributed by atoms with van der Waals surface area (Å²) in [6.45, 7) is 1.67. The van der Waals surface area contributed by atoms with Crippen molar-refractivity contribution in [1.82, 2.24) is 9.88 Å². The minimum Gasteiger partial charge on any atom is -0.481 e. The molecule has 0 fully saturated rings. The molecular formula is C10H13BrN2O3. The lowest BCUT2D eigenvalue weighted by molar-refractivity contribution is -0.140. The number of aromatic nitrogens is 1. The van der Waals surface area contributed by atoms with E-state index in [1.165, 1.54) is 0 Å². The number of nitrogens with one attached hydrogen (secondary N) is 1. The monoisotopic (exact) mass is 288 g/mol. The van der Waals surface area contributed by atoms with Crippen molar-refractivity contribution in [3.05, 3.63) is 22.4 Å². The van der Waals surface area contributed by atoms with Gasteiger partial charge in [-0.15, -0.1) is 0 Å². The molecule has 1 amide bonds.